The molecule has 0 fully saturated rings. The summed E-state index contributed by atoms with van der Waals surface area (Å²) in [6.07, 6.45) is 2.77. The Bertz CT molecular complexity index is 588. The largest absolute Gasteiger partial charge is 0.377 e. The van der Waals surface area contributed by atoms with Crippen molar-refractivity contribution in [3.63, 3.8) is 0 Å². The molecule has 0 bridgehead atoms. The van der Waals surface area contributed by atoms with E-state index in [1.807, 2.05) is 18.2 Å². The molecule has 1 N–H and O–H groups in total. The van der Waals surface area contributed by atoms with Crippen LogP contribution in [0.5, 0.6) is 0 Å². The molecule has 0 saturated carbocycles. The van der Waals surface area contributed by atoms with E-state index in [0.717, 1.165) is 32.9 Å². The lowest BCUT2D eigenvalue weighted by molar-refractivity contribution is 0.585. The van der Waals surface area contributed by atoms with Gasteiger partial charge in [0.05, 0.1) is 17.9 Å². The van der Waals surface area contributed by atoms with E-state index in [1.165, 1.54) is 6.07 Å². The second-order valence-corrected chi connectivity index (χ2v) is 6.28. The van der Waals surface area contributed by atoms with Gasteiger partial charge in [-0.1, -0.05) is 12.1 Å². The standard InChI is InChI=1S/C14H12BrFN2S/c15-13-5-4-9(8-17-13)18-12-6-7-19-14-10(12)2-1-3-11(14)16/h1-5,8,12,18H,6-7H2. The predicted molar refractivity (Wildman–Crippen MR) is 80.0 cm³/mol. The van der Waals surface area contributed by atoms with Crippen LogP contribution >= 0.6 is 27.7 Å². The average Bonchev–Trinajstić information content (AvgIpc) is 2.43. The monoisotopic (exact) mass is 338 g/mol. The van der Waals surface area contributed by atoms with E-state index in [2.05, 4.69) is 26.2 Å². The van der Waals surface area contributed by atoms with E-state index in [9.17, 15) is 4.39 Å². The first kappa shape index (κ1) is 12.9. The maximum Gasteiger partial charge on any atom is 0.137 e. The number of nitrogens with one attached hydrogen (secondary N) is 1. The van der Waals surface area contributed by atoms with Gasteiger partial charge in [0.25, 0.3) is 0 Å². The topological polar surface area (TPSA) is 24.9 Å². The molecular weight excluding hydrogens is 327 g/mol. The Labute approximate surface area is 124 Å². The molecule has 2 aromatic rings. The molecule has 5 heteroatoms. The first-order valence-corrected chi connectivity index (χ1v) is 7.81. The Kier molecular flexibility index (Phi) is 3.75. The smallest absolute Gasteiger partial charge is 0.137 e. The number of anilines is 1. The van der Waals surface area contributed by atoms with Gasteiger partial charge in [-0.05, 0) is 46.1 Å². The molecule has 1 aromatic heterocycles. The molecule has 0 radical (unpaired) electrons. The summed E-state index contributed by atoms with van der Waals surface area (Å²) in [6.45, 7) is 0. The van der Waals surface area contributed by atoms with Crippen molar-refractivity contribution in [2.24, 2.45) is 0 Å². The van der Waals surface area contributed by atoms with Gasteiger partial charge >= 0.3 is 0 Å². The van der Waals surface area contributed by atoms with Gasteiger partial charge in [0.15, 0.2) is 0 Å². The van der Waals surface area contributed by atoms with Gasteiger partial charge in [-0.25, -0.2) is 9.37 Å². The number of aromatic nitrogens is 1. The van der Waals surface area contributed by atoms with Gasteiger partial charge < -0.3 is 5.32 Å². The summed E-state index contributed by atoms with van der Waals surface area (Å²) in [5.74, 6) is 0.804. The quantitative estimate of drug-likeness (QED) is 0.808. The van der Waals surface area contributed by atoms with Crippen LogP contribution in [-0.4, -0.2) is 10.7 Å². The lowest BCUT2D eigenvalue weighted by Crippen LogP contribution is -2.16. The number of nitrogens with zero attached hydrogens (tertiary/aromatic N) is 1. The molecule has 2 heterocycles. The van der Waals surface area contributed by atoms with Crippen LogP contribution in [0.3, 0.4) is 0 Å². The number of benzene rings is 1. The van der Waals surface area contributed by atoms with E-state index >= 15 is 0 Å². The minimum Gasteiger partial charge on any atom is -0.377 e. The van der Waals surface area contributed by atoms with Gasteiger partial charge in [0.2, 0.25) is 0 Å². The van der Waals surface area contributed by atoms with Crippen LogP contribution in [0.4, 0.5) is 10.1 Å². The Balaban J connectivity index is 1.88. The molecular formula is C14H12BrFN2S. The molecule has 19 heavy (non-hydrogen) atoms. The fourth-order valence-electron chi connectivity index (χ4n) is 2.20. The number of fused-ring (bicyclic) bond motifs is 1. The molecule has 1 aliphatic rings. The van der Waals surface area contributed by atoms with E-state index < -0.39 is 0 Å². The SMILES string of the molecule is Fc1cccc2c1SCCC2Nc1ccc(Br)nc1. The molecule has 1 aromatic carbocycles. The fraction of sp³-hybridized carbons (Fsp3) is 0.214. The minimum absolute atomic E-state index is 0.122. The van der Waals surface area contributed by atoms with Crippen LogP contribution in [0.2, 0.25) is 0 Å². The zero-order valence-corrected chi connectivity index (χ0v) is 12.5. The summed E-state index contributed by atoms with van der Waals surface area (Å²) in [6, 6.07) is 9.30. The maximum atomic E-state index is 13.8. The third-order valence-electron chi connectivity index (χ3n) is 3.09. The van der Waals surface area contributed by atoms with Crippen LogP contribution in [0.15, 0.2) is 46.0 Å². The predicted octanol–water partition coefficient (Wildman–Crippen LogP) is 4.63. The van der Waals surface area contributed by atoms with Crippen molar-refractivity contribution < 1.29 is 4.39 Å². The molecule has 0 amide bonds. The molecule has 0 aliphatic carbocycles. The molecule has 0 spiro atoms. The summed E-state index contributed by atoms with van der Waals surface area (Å²) in [4.78, 5) is 4.97. The lowest BCUT2D eigenvalue weighted by Gasteiger charge is -2.26. The Morgan fingerprint density at radius 2 is 2.21 bits per heavy atom. The highest BCUT2D eigenvalue weighted by atomic mass is 79.9. The highest BCUT2D eigenvalue weighted by Gasteiger charge is 2.22. The zero-order valence-electron chi connectivity index (χ0n) is 10.1. The molecule has 1 aliphatic heterocycles. The Hall–Kier alpha value is -1.07. The highest BCUT2D eigenvalue weighted by Crippen LogP contribution is 2.39. The van der Waals surface area contributed by atoms with Crippen LogP contribution in [0, 0.1) is 5.82 Å². The molecule has 3 rings (SSSR count). The van der Waals surface area contributed by atoms with E-state index in [4.69, 9.17) is 0 Å². The van der Waals surface area contributed by atoms with Gasteiger partial charge in [-0.15, -0.1) is 11.8 Å². The van der Waals surface area contributed by atoms with Crippen molar-refractivity contribution in [1.82, 2.24) is 4.98 Å². The van der Waals surface area contributed by atoms with Crippen LogP contribution in [0.25, 0.3) is 0 Å². The van der Waals surface area contributed by atoms with Crippen molar-refractivity contribution in [3.8, 4) is 0 Å². The maximum absolute atomic E-state index is 13.8. The van der Waals surface area contributed by atoms with Crippen molar-refractivity contribution >= 4 is 33.4 Å². The first-order valence-electron chi connectivity index (χ1n) is 6.03. The Morgan fingerprint density at radius 3 is 3.00 bits per heavy atom. The number of halogens is 2. The normalized spacial score (nSPS) is 17.9. The summed E-state index contributed by atoms with van der Waals surface area (Å²) >= 11 is 4.91. The van der Waals surface area contributed by atoms with Crippen molar-refractivity contribution in [3.05, 3.63) is 52.5 Å². The van der Waals surface area contributed by atoms with Gasteiger partial charge in [0, 0.05) is 10.6 Å². The van der Waals surface area contributed by atoms with Crippen LogP contribution in [0.1, 0.15) is 18.0 Å². The number of hydrogen-bond donors (Lipinski definition) is 1. The third kappa shape index (κ3) is 2.77. The zero-order chi connectivity index (χ0) is 13.2. The van der Waals surface area contributed by atoms with Crippen LogP contribution in [-0.2, 0) is 0 Å². The second kappa shape index (κ2) is 5.51. The number of pyridine rings is 1. The van der Waals surface area contributed by atoms with E-state index in [0.29, 0.717) is 0 Å². The first-order chi connectivity index (χ1) is 9.24. The lowest BCUT2D eigenvalue weighted by atomic mass is 10.0. The van der Waals surface area contributed by atoms with Gasteiger partial charge in [-0.3, -0.25) is 0 Å². The summed E-state index contributed by atoms with van der Waals surface area (Å²) in [7, 11) is 0. The fourth-order valence-corrected chi connectivity index (χ4v) is 3.57. The van der Waals surface area contributed by atoms with Crippen molar-refractivity contribution in [1.29, 1.82) is 0 Å². The van der Waals surface area contributed by atoms with E-state index in [-0.39, 0.29) is 11.9 Å². The number of thioether (sulfide) groups is 1. The van der Waals surface area contributed by atoms with Crippen LogP contribution < -0.4 is 5.32 Å². The number of hydrogen-bond acceptors (Lipinski definition) is 3. The van der Waals surface area contributed by atoms with E-state index in [1.54, 1.807) is 24.0 Å². The molecule has 0 saturated heterocycles. The molecule has 1 atom stereocenters. The highest BCUT2D eigenvalue weighted by molar-refractivity contribution is 9.10. The summed E-state index contributed by atoms with van der Waals surface area (Å²) in [5.41, 5.74) is 1.99. The summed E-state index contributed by atoms with van der Waals surface area (Å²) in [5, 5.41) is 3.43. The van der Waals surface area contributed by atoms with Crippen molar-refractivity contribution in [2.45, 2.75) is 17.4 Å². The minimum atomic E-state index is -0.122. The van der Waals surface area contributed by atoms with Crippen molar-refractivity contribution in [2.75, 3.05) is 11.1 Å². The molecule has 98 valence electrons. The van der Waals surface area contributed by atoms with Gasteiger partial charge in [0.1, 0.15) is 10.4 Å². The second-order valence-electron chi connectivity index (χ2n) is 4.36. The molecule has 2 nitrogen and oxygen atoms in total. The average molecular weight is 339 g/mol. The Morgan fingerprint density at radius 1 is 1.32 bits per heavy atom. The number of rotatable bonds is 2. The molecule has 1 unspecified atom stereocenters. The summed E-state index contributed by atoms with van der Waals surface area (Å²) < 4.78 is 14.6. The van der Waals surface area contributed by atoms with Gasteiger partial charge in [-0.2, -0.15) is 0 Å². The third-order valence-corrected chi connectivity index (χ3v) is 4.72.